The van der Waals surface area contributed by atoms with Crippen molar-refractivity contribution in [2.75, 3.05) is 0 Å². The Kier molecular flexibility index (Phi) is 3.68. The van der Waals surface area contributed by atoms with Crippen molar-refractivity contribution in [2.45, 2.75) is 36.2 Å². The molecule has 2 aromatic rings. The normalized spacial score (nSPS) is 12.0. The van der Waals surface area contributed by atoms with Crippen LogP contribution in [0.15, 0.2) is 40.5 Å². The van der Waals surface area contributed by atoms with E-state index in [0.717, 1.165) is 0 Å². The lowest BCUT2D eigenvalue weighted by molar-refractivity contribution is 0.531. The van der Waals surface area contributed by atoms with Crippen molar-refractivity contribution in [3.05, 3.63) is 36.4 Å². The first-order valence-electron chi connectivity index (χ1n) is 5.89. The molecule has 0 bridgehead atoms. The van der Waals surface area contributed by atoms with Crippen molar-refractivity contribution in [2.24, 2.45) is 5.73 Å². The first-order chi connectivity index (χ1) is 8.95. The van der Waals surface area contributed by atoms with Crippen LogP contribution in [0.1, 0.15) is 25.6 Å². The standard InChI is InChI=1S/C12H16N4O2S/c1-9(2)16-8-12(7-15-16)19(17,18)11-4-3-10(5-13)14-6-11/h3-4,6-9H,5,13H2,1-2H3. The van der Waals surface area contributed by atoms with Crippen LogP contribution in [0.2, 0.25) is 0 Å². The number of sulfone groups is 1. The molecule has 6 nitrogen and oxygen atoms in total. The highest BCUT2D eigenvalue weighted by molar-refractivity contribution is 7.91. The Morgan fingerprint density at radius 1 is 1.26 bits per heavy atom. The van der Waals surface area contributed by atoms with Crippen LogP contribution in [0.4, 0.5) is 0 Å². The van der Waals surface area contributed by atoms with Crippen LogP contribution < -0.4 is 5.73 Å². The Balaban J connectivity index is 2.40. The first-order valence-corrected chi connectivity index (χ1v) is 7.37. The molecule has 0 aliphatic carbocycles. The Hall–Kier alpha value is -1.73. The van der Waals surface area contributed by atoms with Crippen LogP contribution in [0, 0.1) is 0 Å². The highest BCUT2D eigenvalue weighted by Gasteiger charge is 2.20. The molecule has 0 unspecified atom stereocenters. The van der Waals surface area contributed by atoms with Crippen LogP contribution in [-0.2, 0) is 16.4 Å². The lowest BCUT2D eigenvalue weighted by Crippen LogP contribution is -2.05. The maximum absolute atomic E-state index is 12.3. The molecule has 0 spiro atoms. The van der Waals surface area contributed by atoms with Crippen molar-refractivity contribution in [3.63, 3.8) is 0 Å². The van der Waals surface area contributed by atoms with Crippen LogP contribution >= 0.6 is 0 Å². The van der Waals surface area contributed by atoms with E-state index in [4.69, 9.17) is 5.73 Å². The third kappa shape index (κ3) is 2.66. The SMILES string of the molecule is CC(C)n1cc(S(=O)(=O)c2ccc(CN)nc2)cn1. The molecule has 7 heteroatoms. The number of hydrogen-bond donors (Lipinski definition) is 1. The second-order valence-corrected chi connectivity index (χ2v) is 6.39. The van der Waals surface area contributed by atoms with Crippen LogP contribution in [0.5, 0.6) is 0 Å². The third-order valence-electron chi connectivity index (χ3n) is 2.73. The van der Waals surface area contributed by atoms with Crippen molar-refractivity contribution >= 4 is 9.84 Å². The average Bonchev–Trinajstić information content (AvgIpc) is 2.89. The molecule has 19 heavy (non-hydrogen) atoms. The zero-order valence-corrected chi connectivity index (χ0v) is 11.6. The third-order valence-corrected chi connectivity index (χ3v) is 4.43. The molecule has 0 amide bonds. The van der Waals surface area contributed by atoms with E-state index in [1.54, 1.807) is 10.7 Å². The Morgan fingerprint density at radius 3 is 2.47 bits per heavy atom. The molecule has 0 saturated heterocycles. The van der Waals surface area contributed by atoms with Crippen molar-refractivity contribution in [1.29, 1.82) is 0 Å². The van der Waals surface area contributed by atoms with Gasteiger partial charge in [0.25, 0.3) is 0 Å². The monoisotopic (exact) mass is 280 g/mol. The van der Waals surface area contributed by atoms with Gasteiger partial charge in [0, 0.05) is 25.0 Å². The summed E-state index contributed by atoms with van der Waals surface area (Å²) >= 11 is 0. The van der Waals surface area contributed by atoms with E-state index in [9.17, 15) is 8.42 Å². The molecule has 0 aromatic carbocycles. The summed E-state index contributed by atoms with van der Waals surface area (Å²) in [7, 11) is -3.56. The van der Waals surface area contributed by atoms with Gasteiger partial charge in [0.05, 0.1) is 16.8 Å². The summed E-state index contributed by atoms with van der Waals surface area (Å²) in [5.74, 6) is 0. The van der Waals surface area contributed by atoms with Gasteiger partial charge in [0.2, 0.25) is 9.84 Å². The van der Waals surface area contributed by atoms with E-state index in [2.05, 4.69) is 10.1 Å². The van der Waals surface area contributed by atoms with Gasteiger partial charge in [-0.3, -0.25) is 9.67 Å². The number of pyridine rings is 1. The predicted octanol–water partition coefficient (Wildman–Crippen LogP) is 1.15. The number of nitrogens with two attached hydrogens (primary N) is 1. The van der Waals surface area contributed by atoms with Gasteiger partial charge in [0.15, 0.2) is 0 Å². The van der Waals surface area contributed by atoms with Gasteiger partial charge in [-0.1, -0.05) is 0 Å². The minimum absolute atomic E-state index is 0.113. The van der Waals surface area contributed by atoms with Crippen molar-refractivity contribution in [1.82, 2.24) is 14.8 Å². The fourth-order valence-corrected chi connectivity index (χ4v) is 2.71. The maximum atomic E-state index is 12.3. The molecule has 0 atom stereocenters. The number of rotatable bonds is 4. The molecule has 0 radical (unpaired) electrons. The molecule has 102 valence electrons. The summed E-state index contributed by atoms with van der Waals surface area (Å²) in [6.45, 7) is 4.15. The minimum Gasteiger partial charge on any atom is -0.325 e. The zero-order chi connectivity index (χ0) is 14.0. The fourth-order valence-electron chi connectivity index (χ4n) is 1.57. The summed E-state index contributed by atoms with van der Waals surface area (Å²) in [5.41, 5.74) is 6.08. The van der Waals surface area contributed by atoms with Gasteiger partial charge in [-0.25, -0.2) is 8.42 Å². The van der Waals surface area contributed by atoms with E-state index in [-0.39, 0.29) is 22.4 Å². The largest absolute Gasteiger partial charge is 0.325 e. The lowest BCUT2D eigenvalue weighted by Gasteiger charge is -2.04. The van der Waals surface area contributed by atoms with Crippen LogP contribution in [0.3, 0.4) is 0 Å². The van der Waals surface area contributed by atoms with E-state index in [1.807, 2.05) is 13.8 Å². The highest BCUT2D eigenvalue weighted by atomic mass is 32.2. The average molecular weight is 280 g/mol. The van der Waals surface area contributed by atoms with E-state index in [0.29, 0.717) is 5.69 Å². The number of nitrogens with zero attached hydrogens (tertiary/aromatic N) is 3. The predicted molar refractivity (Wildman–Crippen MR) is 70.2 cm³/mol. The molecular weight excluding hydrogens is 264 g/mol. The highest BCUT2D eigenvalue weighted by Crippen LogP contribution is 2.20. The van der Waals surface area contributed by atoms with Crippen LogP contribution in [0.25, 0.3) is 0 Å². The van der Waals surface area contributed by atoms with E-state index in [1.165, 1.54) is 24.7 Å². The molecule has 2 heterocycles. The molecular formula is C12H16N4O2S. The molecule has 0 saturated carbocycles. The summed E-state index contributed by atoms with van der Waals surface area (Å²) in [5, 5.41) is 4.04. The summed E-state index contributed by atoms with van der Waals surface area (Å²) in [4.78, 5) is 4.32. The second-order valence-electron chi connectivity index (χ2n) is 4.44. The summed E-state index contributed by atoms with van der Waals surface area (Å²) in [6.07, 6.45) is 4.20. The zero-order valence-electron chi connectivity index (χ0n) is 10.8. The van der Waals surface area contributed by atoms with E-state index < -0.39 is 9.84 Å². The van der Waals surface area contributed by atoms with Crippen molar-refractivity contribution in [3.8, 4) is 0 Å². The molecule has 0 aliphatic rings. The van der Waals surface area contributed by atoms with Crippen molar-refractivity contribution < 1.29 is 8.42 Å². The maximum Gasteiger partial charge on any atom is 0.211 e. The molecule has 2 rings (SSSR count). The molecule has 2 N–H and O–H groups in total. The fraction of sp³-hybridized carbons (Fsp3) is 0.333. The summed E-state index contributed by atoms with van der Waals surface area (Å²) < 4.78 is 26.3. The molecule has 2 aromatic heterocycles. The van der Waals surface area contributed by atoms with Gasteiger partial charge in [0.1, 0.15) is 4.90 Å². The Labute approximate surface area is 112 Å². The van der Waals surface area contributed by atoms with Gasteiger partial charge in [-0.05, 0) is 26.0 Å². The van der Waals surface area contributed by atoms with Crippen LogP contribution in [-0.4, -0.2) is 23.2 Å². The van der Waals surface area contributed by atoms with E-state index >= 15 is 0 Å². The molecule has 0 fully saturated rings. The lowest BCUT2D eigenvalue weighted by atomic mass is 10.4. The second kappa shape index (κ2) is 5.10. The van der Waals surface area contributed by atoms with Gasteiger partial charge < -0.3 is 5.73 Å². The van der Waals surface area contributed by atoms with Gasteiger partial charge in [-0.2, -0.15) is 5.10 Å². The topological polar surface area (TPSA) is 90.9 Å². The summed E-state index contributed by atoms with van der Waals surface area (Å²) in [6, 6.07) is 3.23. The first kappa shape index (κ1) is 13.7. The molecule has 0 aliphatic heterocycles. The quantitative estimate of drug-likeness (QED) is 0.907. The Bertz CT molecular complexity index is 659. The van der Waals surface area contributed by atoms with Gasteiger partial charge >= 0.3 is 0 Å². The number of aromatic nitrogens is 3. The number of hydrogen-bond acceptors (Lipinski definition) is 5. The van der Waals surface area contributed by atoms with Gasteiger partial charge in [-0.15, -0.1) is 0 Å². The Morgan fingerprint density at radius 2 is 2.00 bits per heavy atom. The minimum atomic E-state index is -3.56. The smallest absolute Gasteiger partial charge is 0.211 e.